The number of hydrogen-bond acceptors (Lipinski definition) is 3. The molecule has 0 amide bonds. The van der Waals surface area contributed by atoms with E-state index in [1.807, 2.05) is 6.20 Å². The van der Waals surface area contributed by atoms with Crippen LogP contribution in [0.2, 0.25) is 18.1 Å². The lowest BCUT2D eigenvalue weighted by Gasteiger charge is -2.37. The summed E-state index contributed by atoms with van der Waals surface area (Å²) in [6, 6.07) is 2.09. The number of rotatable bonds is 6. The first-order valence-electron chi connectivity index (χ1n) is 8.85. The van der Waals surface area contributed by atoms with Gasteiger partial charge in [-0.1, -0.05) is 34.6 Å². The lowest BCUT2D eigenvalue weighted by atomic mass is 9.94. The van der Waals surface area contributed by atoms with Gasteiger partial charge in [-0.25, -0.2) is 0 Å². The van der Waals surface area contributed by atoms with Crippen molar-refractivity contribution < 1.29 is 4.43 Å². The van der Waals surface area contributed by atoms with E-state index in [-0.39, 0.29) is 5.04 Å². The van der Waals surface area contributed by atoms with Gasteiger partial charge < -0.3 is 10.2 Å². The molecule has 0 unspecified atom stereocenters. The monoisotopic (exact) mass is 334 g/mol. The Balaban J connectivity index is 2.08. The van der Waals surface area contributed by atoms with Crippen LogP contribution >= 0.6 is 0 Å². The predicted molar refractivity (Wildman–Crippen MR) is 101 cm³/mol. The summed E-state index contributed by atoms with van der Waals surface area (Å²) >= 11 is 0. The Kier molecular flexibility index (Phi) is 4.98. The quantitative estimate of drug-likeness (QED) is 0.733. The molecule has 0 saturated heterocycles. The second-order valence-electron chi connectivity index (χ2n) is 9.15. The van der Waals surface area contributed by atoms with Crippen LogP contribution in [0.1, 0.15) is 64.6 Å². The Morgan fingerprint density at radius 3 is 2.39 bits per heavy atom. The number of aromatic nitrogens is 1. The third-order valence-electron chi connectivity index (χ3n) is 5.73. The summed E-state index contributed by atoms with van der Waals surface area (Å²) in [5.41, 5.74) is 9.85. The normalized spacial score (nSPS) is 17.6. The van der Waals surface area contributed by atoms with Crippen LogP contribution in [0.25, 0.3) is 0 Å². The number of nitrogen functional groups attached to an aromatic ring is 1. The summed E-state index contributed by atoms with van der Waals surface area (Å²) in [7, 11) is -1.68. The molecular weight excluding hydrogens is 300 g/mol. The molecule has 130 valence electrons. The molecular formula is C19H34N2OSi. The van der Waals surface area contributed by atoms with Crippen LogP contribution in [0.5, 0.6) is 0 Å². The maximum absolute atomic E-state index is 6.49. The minimum atomic E-state index is -1.68. The van der Waals surface area contributed by atoms with Gasteiger partial charge in [0, 0.05) is 12.8 Å². The molecule has 1 aliphatic carbocycles. The molecule has 1 fully saturated rings. The van der Waals surface area contributed by atoms with Gasteiger partial charge in [0.25, 0.3) is 0 Å². The van der Waals surface area contributed by atoms with E-state index in [1.165, 1.54) is 18.4 Å². The van der Waals surface area contributed by atoms with Crippen molar-refractivity contribution in [3.8, 4) is 0 Å². The first-order valence-corrected chi connectivity index (χ1v) is 11.8. The summed E-state index contributed by atoms with van der Waals surface area (Å²) < 4.78 is 6.49. The zero-order valence-corrected chi connectivity index (χ0v) is 17.0. The van der Waals surface area contributed by atoms with Crippen LogP contribution in [0.3, 0.4) is 0 Å². The topological polar surface area (TPSA) is 48.1 Å². The van der Waals surface area contributed by atoms with Gasteiger partial charge in [-0.15, -0.1) is 0 Å². The molecule has 23 heavy (non-hydrogen) atoms. The zero-order valence-electron chi connectivity index (χ0n) is 16.0. The van der Waals surface area contributed by atoms with Gasteiger partial charge in [0.15, 0.2) is 8.32 Å². The van der Waals surface area contributed by atoms with Gasteiger partial charge in [0.05, 0.1) is 11.4 Å². The summed E-state index contributed by atoms with van der Waals surface area (Å²) in [4.78, 5) is 4.46. The molecule has 1 aromatic heterocycles. The van der Waals surface area contributed by atoms with E-state index in [0.29, 0.717) is 11.3 Å². The maximum Gasteiger partial charge on any atom is 0.192 e. The molecule has 0 atom stereocenters. The van der Waals surface area contributed by atoms with Gasteiger partial charge >= 0.3 is 0 Å². The van der Waals surface area contributed by atoms with E-state index in [4.69, 9.17) is 10.2 Å². The average Bonchev–Trinajstić information content (AvgIpc) is 3.18. The smallest absolute Gasteiger partial charge is 0.192 e. The highest BCUT2D eigenvalue weighted by molar-refractivity contribution is 6.74. The lowest BCUT2D eigenvalue weighted by molar-refractivity contribution is 0.213. The third kappa shape index (κ3) is 4.16. The van der Waals surface area contributed by atoms with Crippen LogP contribution in [0.15, 0.2) is 12.3 Å². The van der Waals surface area contributed by atoms with Crippen LogP contribution in [-0.2, 0) is 10.8 Å². The SMILES string of the molecule is CC(C)c1nccc(CC2(CO[Si](C)(C)C(C)(C)C)CC2)c1N. The number of nitrogens with zero attached hydrogens (tertiary/aromatic N) is 1. The zero-order chi connectivity index (χ0) is 17.5. The van der Waals surface area contributed by atoms with Crippen LogP contribution < -0.4 is 5.73 Å². The molecule has 1 saturated carbocycles. The Labute approximate surface area is 143 Å². The molecule has 2 N–H and O–H groups in total. The summed E-state index contributed by atoms with van der Waals surface area (Å²) in [6.07, 6.45) is 5.43. The highest BCUT2D eigenvalue weighted by Gasteiger charge is 2.46. The van der Waals surface area contributed by atoms with Crippen LogP contribution in [-0.4, -0.2) is 19.9 Å². The van der Waals surface area contributed by atoms with Crippen molar-refractivity contribution in [3.05, 3.63) is 23.5 Å². The Bertz CT molecular complexity index is 557. The highest BCUT2D eigenvalue weighted by Crippen LogP contribution is 2.51. The van der Waals surface area contributed by atoms with E-state index >= 15 is 0 Å². The van der Waals surface area contributed by atoms with Gasteiger partial charge in [0.1, 0.15) is 0 Å². The average molecular weight is 335 g/mol. The number of hydrogen-bond donors (Lipinski definition) is 1. The summed E-state index contributed by atoms with van der Waals surface area (Å²) in [5.74, 6) is 0.369. The highest BCUT2D eigenvalue weighted by atomic mass is 28.4. The third-order valence-corrected chi connectivity index (χ3v) is 10.2. The van der Waals surface area contributed by atoms with Crippen LogP contribution in [0, 0.1) is 5.41 Å². The number of pyridine rings is 1. The van der Waals surface area contributed by atoms with Crippen molar-refractivity contribution in [2.45, 2.75) is 77.9 Å². The Hall–Kier alpha value is -0.873. The molecule has 0 aromatic carbocycles. The van der Waals surface area contributed by atoms with E-state index in [1.54, 1.807) is 0 Å². The molecule has 1 heterocycles. The minimum Gasteiger partial charge on any atom is -0.416 e. The van der Waals surface area contributed by atoms with Gasteiger partial charge in [-0.2, -0.15) is 0 Å². The molecule has 0 spiro atoms. The van der Waals surface area contributed by atoms with Gasteiger partial charge in [0.2, 0.25) is 0 Å². The van der Waals surface area contributed by atoms with Crippen molar-refractivity contribution >= 4 is 14.0 Å². The second-order valence-corrected chi connectivity index (χ2v) is 14.0. The fraction of sp³-hybridized carbons (Fsp3) is 0.737. The van der Waals surface area contributed by atoms with Gasteiger partial charge in [-0.3, -0.25) is 4.98 Å². The van der Waals surface area contributed by atoms with E-state index in [2.05, 4.69) is 58.8 Å². The molecule has 1 aliphatic rings. The summed E-state index contributed by atoms with van der Waals surface area (Å²) in [5, 5.41) is 0.267. The molecule has 3 nitrogen and oxygen atoms in total. The van der Waals surface area contributed by atoms with E-state index in [0.717, 1.165) is 24.4 Å². The molecule has 4 heteroatoms. The summed E-state index contributed by atoms with van der Waals surface area (Å²) in [6.45, 7) is 16.7. The molecule has 2 rings (SSSR count). The fourth-order valence-corrected chi connectivity index (χ4v) is 3.75. The Morgan fingerprint density at radius 1 is 1.30 bits per heavy atom. The van der Waals surface area contributed by atoms with Crippen LogP contribution in [0.4, 0.5) is 5.69 Å². The molecule has 0 aliphatic heterocycles. The van der Waals surface area contributed by atoms with E-state index in [9.17, 15) is 0 Å². The molecule has 0 bridgehead atoms. The Morgan fingerprint density at radius 2 is 1.91 bits per heavy atom. The predicted octanol–water partition coefficient (Wildman–Crippen LogP) is 5.13. The van der Waals surface area contributed by atoms with E-state index < -0.39 is 8.32 Å². The standard InChI is InChI=1S/C19H34N2OSi/c1-14(2)17-16(20)15(8-11-21-17)12-19(9-10-19)13-22-23(6,7)18(3,4)5/h8,11,14H,9-10,12-13,20H2,1-7H3. The fourth-order valence-electron chi connectivity index (χ4n) is 2.65. The minimum absolute atomic E-state index is 0.267. The first kappa shape index (κ1) is 18.5. The van der Waals surface area contributed by atoms with Crippen molar-refractivity contribution in [1.29, 1.82) is 0 Å². The number of nitrogens with two attached hydrogens (primary N) is 1. The molecule has 1 aromatic rings. The molecule has 0 radical (unpaired) electrons. The maximum atomic E-state index is 6.49. The number of anilines is 1. The second kappa shape index (κ2) is 6.21. The van der Waals surface area contributed by atoms with Crippen molar-refractivity contribution in [3.63, 3.8) is 0 Å². The first-order chi connectivity index (χ1) is 10.5. The lowest BCUT2D eigenvalue weighted by Crippen LogP contribution is -2.42. The largest absolute Gasteiger partial charge is 0.416 e. The van der Waals surface area contributed by atoms with Crippen molar-refractivity contribution in [2.75, 3.05) is 12.3 Å². The van der Waals surface area contributed by atoms with Gasteiger partial charge in [-0.05, 0) is 60.4 Å². The van der Waals surface area contributed by atoms with Crippen molar-refractivity contribution in [2.24, 2.45) is 5.41 Å². The van der Waals surface area contributed by atoms with Crippen molar-refractivity contribution in [1.82, 2.24) is 4.98 Å².